The van der Waals surface area contributed by atoms with Crippen LogP contribution in [0.3, 0.4) is 0 Å². The van der Waals surface area contributed by atoms with Gasteiger partial charge in [0.25, 0.3) is 0 Å². The molecule has 0 aliphatic carbocycles. The molecule has 0 bridgehead atoms. The van der Waals surface area contributed by atoms with Crippen LogP contribution in [0.25, 0.3) is 0 Å². The lowest BCUT2D eigenvalue weighted by Crippen LogP contribution is -2.47. The van der Waals surface area contributed by atoms with Gasteiger partial charge in [0.1, 0.15) is 0 Å². The van der Waals surface area contributed by atoms with E-state index in [4.69, 9.17) is 4.74 Å². The highest BCUT2D eigenvalue weighted by molar-refractivity contribution is 14.0. The molecule has 1 atom stereocenters. The van der Waals surface area contributed by atoms with Crippen LogP contribution in [-0.4, -0.2) is 63.2 Å². The molecule has 0 radical (unpaired) electrons. The van der Waals surface area contributed by atoms with Crippen LogP contribution in [-0.2, 0) is 9.53 Å². The van der Waals surface area contributed by atoms with Gasteiger partial charge in [0.05, 0.1) is 25.8 Å². The summed E-state index contributed by atoms with van der Waals surface area (Å²) in [4.78, 5) is 20.1. The zero-order valence-electron chi connectivity index (χ0n) is 16.5. The van der Waals surface area contributed by atoms with Crippen molar-refractivity contribution >= 4 is 52.9 Å². The van der Waals surface area contributed by atoms with Gasteiger partial charge in [-0.3, -0.25) is 14.7 Å². The molecule has 1 aromatic heterocycles. The largest absolute Gasteiger partial charge is 0.379 e. The van der Waals surface area contributed by atoms with E-state index in [1.807, 2.05) is 30.3 Å². The highest BCUT2D eigenvalue weighted by Crippen LogP contribution is 2.25. The number of rotatable bonds is 7. The molecule has 1 aliphatic rings. The molecule has 2 aromatic rings. The number of morpholine rings is 1. The van der Waals surface area contributed by atoms with Gasteiger partial charge in [-0.2, -0.15) is 0 Å². The van der Waals surface area contributed by atoms with E-state index in [2.05, 4.69) is 43.4 Å². The number of halogens is 1. The van der Waals surface area contributed by atoms with Gasteiger partial charge in [0, 0.05) is 37.2 Å². The highest BCUT2D eigenvalue weighted by atomic mass is 127. The smallest absolute Gasteiger partial charge is 0.243 e. The number of carbonyl (C=O) groups excluding carboxylic acids is 1. The highest BCUT2D eigenvalue weighted by Gasteiger charge is 2.23. The molecule has 1 aromatic carbocycles. The van der Waals surface area contributed by atoms with Crippen LogP contribution in [0, 0.1) is 0 Å². The Kier molecular flexibility index (Phi) is 10.4. The second kappa shape index (κ2) is 12.8. The number of aliphatic imine (C=N–C) groups is 1. The van der Waals surface area contributed by atoms with Gasteiger partial charge < -0.3 is 20.7 Å². The number of nitrogens with zero attached hydrogens (tertiary/aromatic N) is 2. The van der Waals surface area contributed by atoms with E-state index in [-0.39, 0.29) is 42.5 Å². The van der Waals surface area contributed by atoms with Crippen molar-refractivity contribution in [1.82, 2.24) is 15.5 Å². The zero-order chi connectivity index (χ0) is 19.6. The summed E-state index contributed by atoms with van der Waals surface area (Å²) in [6.07, 6.45) is 0. The summed E-state index contributed by atoms with van der Waals surface area (Å²) >= 11 is 1.76. The molecule has 1 fully saturated rings. The molecular weight excluding hydrogens is 501 g/mol. The molecule has 1 amide bonds. The van der Waals surface area contributed by atoms with E-state index in [0.29, 0.717) is 12.5 Å². The van der Waals surface area contributed by atoms with Crippen molar-refractivity contribution in [1.29, 1.82) is 0 Å². The lowest BCUT2D eigenvalue weighted by atomic mass is 10.2. The number of para-hydroxylation sites is 1. The number of guanidine groups is 1. The summed E-state index contributed by atoms with van der Waals surface area (Å²) in [6, 6.07) is 13.9. The molecule has 2 heterocycles. The number of benzene rings is 1. The lowest BCUT2D eigenvalue weighted by Gasteiger charge is -2.34. The van der Waals surface area contributed by atoms with Gasteiger partial charge in [-0.15, -0.1) is 35.3 Å². The van der Waals surface area contributed by atoms with Gasteiger partial charge in [0.15, 0.2) is 5.96 Å². The first-order chi connectivity index (χ1) is 13.8. The molecule has 29 heavy (non-hydrogen) atoms. The molecule has 1 saturated heterocycles. The van der Waals surface area contributed by atoms with Crippen molar-refractivity contribution < 1.29 is 9.53 Å². The van der Waals surface area contributed by atoms with Crippen molar-refractivity contribution in [3.8, 4) is 0 Å². The molecule has 1 aliphatic heterocycles. The Balaban J connectivity index is 0.00000300. The van der Waals surface area contributed by atoms with E-state index in [1.165, 1.54) is 4.88 Å². The number of carbonyl (C=O) groups is 1. The number of nitrogens with one attached hydrogen (secondary N) is 3. The molecule has 3 rings (SSSR count). The third-order valence-electron chi connectivity index (χ3n) is 4.52. The van der Waals surface area contributed by atoms with Crippen molar-refractivity contribution in [2.45, 2.75) is 6.04 Å². The van der Waals surface area contributed by atoms with Crippen molar-refractivity contribution in [2.75, 3.05) is 51.8 Å². The second-order valence-electron chi connectivity index (χ2n) is 6.40. The molecular formula is C20H28IN5O2S. The number of amides is 1. The van der Waals surface area contributed by atoms with E-state index in [1.54, 1.807) is 18.4 Å². The molecule has 7 nitrogen and oxygen atoms in total. The summed E-state index contributed by atoms with van der Waals surface area (Å²) in [5, 5.41) is 11.4. The number of hydrogen-bond acceptors (Lipinski definition) is 5. The summed E-state index contributed by atoms with van der Waals surface area (Å²) < 4.78 is 5.49. The first kappa shape index (κ1) is 23.6. The Morgan fingerprint density at radius 1 is 1.17 bits per heavy atom. The van der Waals surface area contributed by atoms with Gasteiger partial charge >= 0.3 is 0 Å². The fraction of sp³-hybridized carbons (Fsp3) is 0.400. The second-order valence-corrected chi connectivity index (χ2v) is 7.38. The normalized spacial score (nSPS) is 15.8. The van der Waals surface area contributed by atoms with Crippen LogP contribution in [0.1, 0.15) is 10.9 Å². The van der Waals surface area contributed by atoms with E-state index in [0.717, 1.165) is 32.0 Å². The van der Waals surface area contributed by atoms with Crippen LogP contribution in [0.5, 0.6) is 0 Å². The van der Waals surface area contributed by atoms with Crippen molar-refractivity contribution in [3.05, 3.63) is 52.7 Å². The van der Waals surface area contributed by atoms with Gasteiger partial charge in [-0.1, -0.05) is 24.3 Å². The zero-order valence-corrected chi connectivity index (χ0v) is 19.6. The Morgan fingerprint density at radius 3 is 2.59 bits per heavy atom. The van der Waals surface area contributed by atoms with Crippen LogP contribution < -0.4 is 16.0 Å². The SMILES string of the molecule is CN=C(NCC(=O)Nc1ccccc1)NCC(c1cccs1)N1CCOCC1.I. The van der Waals surface area contributed by atoms with E-state index >= 15 is 0 Å². The van der Waals surface area contributed by atoms with E-state index in [9.17, 15) is 4.79 Å². The van der Waals surface area contributed by atoms with Crippen LogP contribution in [0.4, 0.5) is 5.69 Å². The number of anilines is 1. The standard InChI is InChI=1S/C20H27N5O2S.HI/c1-21-20(23-15-19(26)24-16-6-3-2-4-7-16)22-14-17(18-8-5-13-28-18)25-9-11-27-12-10-25;/h2-8,13,17H,9-12,14-15H2,1H3,(H,24,26)(H2,21,22,23);1H. The molecule has 9 heteroatoms. The van der Waals surface area contributed by atoms with E-state index < -0.39 is 0 Å². The number of hydrogen-bond donors (Lipinski definition) is 3. The fourth-order valence-corrected chi connectivity index (χ4v) is 3.95. The average Bonchev–Trinajstić information content (AvgIpc) is 3.26. The maximum atomic E-state index is 12.1. The topological polar surface area (TPSA) is 78.0 Å². The third kappa shape index (κ3) is 7.57. The minimum absolute atomic E-state index is 0. The van der Waals surface area contributed by atoms with Crippen molar-refractivity contribution in [3.63, 3.8) is 0 Å². The minimum Gasteiger partial charge on any atom is -0.379 e. The van der Waals surface area contributed by atoms with Crippen LogP contribution in [0.2, 0.25) is 0 Å². The summed E-state index contributed by atoms with van der Waals surface area (Å²) in [6.45, 7) is 4.20. The molecule has 158 valence electrons. The maximum Gasteiger partial charge on any atom is 0.243 e. The Bertz CT molecular complexity index is 751. The fourth-order valence-electron chi connectivity index (χ4n) is 3.08. The number of ether oxygens (including phenoxy) is 1. The van der Waals surface area contributed by atoms with Gasteiger partial charge in [0.2, 0.25) is 5.91 Å². The Hall–Kier alpha value is -1.69. The van der Waals surface area contributed by atoms with Crippen LogP contribution in [0.15, 0.2) is 52.8 Å². The molecule has 1 unspecified atom stereocenters. The predicted octanol–water partition coefficient (Wildman–Crippen LogP) is 2.54. The lowest BCUT2D eigenvalue weighted by molar-refractivity contribution is -0.115. The van der Waals surface area contributed by atoms with Crippen LogP contribution >= 0.6 is 35.3 Å². The van der Waals surface area contributed by atoms with Gasteiger partial charge in [-0.05, 0) is 23.6 Å². The summed E-state index contributed by atoms with van der Waals surface area (Å²) in [7, 11) is 1.71. The van der Waals surface area contributed by atoms with Crippen molar-refractivity contribution in [2.24, 2.45) is 4.99 Å². The molecule has 0 spiro atoms. The first-order valence-corrected chi connectivity index (χ1v) is 10.3. The first-order valence-electron chi connectivity index (χ1n) is 9.41. The minimum atomic E-state index is -0.114. The number of thiophene rings is 1. The predicted molar refractivity (Wildman–Crippen MR) is 129 cm³/mol. The average molecular weight is 529 g/mol. The maximum absolute atomic E-state index is 12.1. The summed E-state index contributed by atoms with van der Waals surface area (Å²) in [5.41, 5.74) is 0.780. The molecule has 0 saturated carbocycles. The quantitative estimate of drug-likeness (QED) is 0.292. The molecule has 3 N–H and O–H groups in total. The summed E-state index contributed by atoms with van der Waals surface area (Å²) in [5.74, 6) is 0.496. The monoisotopic (exact) mass is 529 g/mol. The Labute approximate surface area is 192 Å². The third-order valence-corrected chi connectivity index (χ3v) is 5.49. The Morgan fingerprint density at radius 2 is 1.93 bits per heavy atom. The van der Waals surface area contributed by atoms with Gasteiger partial charge in [-0.25, -0.2) is 0 Å².